The molecule has 0 N–H and O–H groups in total. The molecular weight excluding hydrogens is 286 g/mol. The number of hydrogen-bond donors (Lipinski definition) is 0. The predicted octanol–water partition coefficient (Wildman–Crippen LogP) is 2.23. The summed E-state index contributed by atoms with van der Waals surface area (Å²) >= 11 is 1.12. The van der Waals surface area contributed by atoms with Gasteiger partial charge in [0, 0.05) is 19.0 Å². The van der Waals surface area contributed by atoms with Crippen LogP contribution in [-0.4, -0.2) is 38.7 Å². The Kier molecular flexibility index (Phi) is 4.25. The summed E-state index contributed by atoms with van der Waals surface area (Å²) in [6.07, 6.45) is 5.87. The maximum Gasteiger partial charge on any atom is 0.246 e. The van der Waals surface area contributed by atoms with E-state index in [1.54, 1.807) is 17.2 Å². The predicted molar refractivity (Wildman–Crippen MR) is 81.0 cm³/mol. The van der Waals surface area contributed by atoms with Crippen molar-refractivity contribution in [3.63, 3.8) is 0 Å². The maximum absolute atomic E-state index is 12.1. The Bertz CT molecular complexity index is 613. The summed E-state index contributed by atoms with van der Waals surface area (Å²) in [5, 5.41) is 0. The minimum atomic E-state index is 0.00275. The van der Waals surface area contributed by atoms with Crippen LogP contribution in [0.15, 0.2) is 42.6 Å². The standard InChI is InChI=1S/C15H15N3O2S/c19-15(7-6-12-4-2-1-3-5-12)18-9-8-13(11-18)20-14-10-16-21-17-14/h1-7,10,13H,8-9,11H2. The van der Waals surface area contributed by atoms with Gasteiger partial charge in [-0.1, -0.05) is 30.3 Å². The van der Waals surface area contributed by atoms with Gasteiger partial charge in [-0.25, -0.2) is 0 Å². The fourth-order valence-electron chi connectivity index (χ4n) is 2.24. The third-order valence-electron chi connectivity index (χ3n) is 3.30. The molecule has 2 heterocycles. The monoisotopic (exact) mass is 301 g/mol. The van der Waals surface area contributed by atoms with E-state index in [2.05, 4.69) is 8.75 Å². The smallest absolute Gasteiger partial charge is 0.246 e. The number of aromatic nitrogens is 2. The van der Waals surface area contributed by atoms with Crippen molar-refractivity contribution in [2.75, 3.05) is 13.1 Å². The lowest BCUT2D eigenvalue weighted by atomic mass is 10.2. The Labute approximate surface area is 127 Å². The molecule has 108 valence electrons. The van der Waals surface area contributed by atoms with Crippen molar-refractivity contribution < 1.29 is 9.53 Å². The van der Waals surface area contributed by atoms with Crippen LogP contribution in [0, 0.1) is 0 Å². The summed E-state index contributed by atoms with van der Waals surface area (Å²) in [4.78, 5) is 13.9. The fourth-order valence-corrected chi connectivity index (χ4v) is 2.60. The Morgan fingerprint density at radius 2 is 2.24 bits per heavy atom. The van der Waals surface area contributed by atoms with Gasteiger partial charge in [-0.15, -0.1) is 4.37 Å². The number of ether oxygens (including phenoxy) is 1. The number of hydrogen-bond acceptors (Lipinski definition) is 5. The molecule has 1 saturated heterocycles. The van der Waals surface area contributed by atoms with E-state index >= 15 is 0 Å². The van der Waals surface area contributed by atoms with Gasteiger partial charge in [0.1, 0.15) is 12.3 Å². The number of carbonyl (C=O) groups is 1. The van der Waals surface area contributed by atoms with E-state index in [1.807, 2.05) is 36.4 Å². The molecule has 0 saturated carbocycles. The molecule has 1 unspecified atom stereocenters. The number of nitrogens with zero attached hydrogens (tertiary/aromatic N) is 3. The molecule has 0 radical (unpaired) electrons. The second-order valence-corrected chi connectivity index (χ2v) is 5.36. The summed E-state index contributed by atoms with van der Waals surface area (Å²) in [5.74, 6) is 0.556. The van der Waals surface area contributed by atoms with E-state index in [0.717, 1.165) is 23.7 Å². The highest BCUT2D eigenvalue weighted by Gasteiger charge is 2.26. The molecule has 1 atom stereocenters. The van der Waals surface area contributed by atoms with Gasteiger partial charge in [0.25, 0.3) is 0 Å². The van der Waals surface area contributed by atoms with Crippen molar-refractivity contribution >= 4 is 23.7 Å². The van der Waals surface area contributed by atoms with Gasteiger partial charge in [0.15, 0.2) is 0 Å². The van der Waals surface area contributed by atoms with E-state index in [0.29, 0.717) is 19.0 Å². The minimum Gasteiger partial charge on any atom is -0.471 e. The summed E-state index contributed by atoms with van der Waals surface area (Å²) < 4.78 is 13.6. The average molecular weight is 301 g/mol. The zero-order valence-electron chi connectivity index (χ0n) is 11.4. The number of benzene rings is 1. The third-order valence-corrected chi connectivity index (χ3v) is 3.76. The molecule has 1 amide bonds. The molecule has 2 aromatic rings. The van der Waals surface area contributed by atoms with Gasteiger partial charge in [-0.3, -0.25) is 4.79 Å². The van der Waals surface area contributed by atoms with Crippen LogP contribution in [-0.2, 0) is 4.79 Å². The highest BCUT2D eigenvalue weighted by atomic mass is 32.1. The Morgan fingerprint density at radius 3 is 3.00 bits per heavy atom. The first-order valence-corrected chi connectivity index (χ1v) is 7.50. The van der Waals surface area contributed by atoms with Crippen LogP contribution in [0.2, 0.25) is 0 Å². The van der Waals surface area contributed by atoms with Crippen LogP contribution in [0.1, 0.15) is 12.0 Å². The summed E-state index contributed by atoms with van der Waals surface area (Å²) in [5.41, 5.74) is 1.02. The molecule has 1 aliphatic rings. The molecule has 1 aliphatic heterocycles. The van der Waals surface area contributed by atoms with Crippen molar-refractivity contribution in [1.29, 1.82) is 0 Å². The van der Waals surface area contributed by atoms with E-state index in [-0.39, 0.29) is 12.0 Å². The van der Waals surface area contributed by atoms with E-state index < -0.39 is 0 Å². The van der Waals surface area contributed by atoms with Crippen LogP contribution in [0.25, 0.3) is 6.08 Å². The van der Waals surface area contributed by atoms with Crippen molar-refractivity contribution in [1.82, 2.24) is 13.6 Å². The maximum atomic E-state index is 12.1. The molecule has 6 heteroatoms. The van der Waals surface area contributed by atoms with Gasteiger partial charge in [0.2, 0.25) is 11.8 Å². The largest absolute Gasteiger partial charge is 0.471 e. The summed E-state index contributed by atoms with van der Waals surface area (Å²) in [6, 6.07) is 9.79. The van der Waals surface area contributed by atoms with Crippen LogP contribution in [0.5, 0.6) is 5.88 Å². The summed E-state index contributed by atoms with van der Waals surface area (Å²) in [7, 11) is 0. The van der Waals surface area contributed by atoms with Crippen molar-refractivity contribution in [2.45, 2.75) is 12.5 Å². The van der Waals surface area contributed by atoms with Crippen LogP contribution in [0.3, 0.4) is 0 Å². The van der Waals surface area contributed by atoms with Gasteiger partial charge < -0.3 is 9.64 Å². The molecule has 0 bridgehead atoms. The number of likely N-dealkylation sites (tertiary alicyclic amines) is 1. The quantitative estimate of drug-likeness (QED) is 0.813. The number of rotatable bonds is 4. The second kappa shape index (κ2) is 6.49. The molecule has 3 rings (SSSR count). The van der Waals surface area contributed by atoms with Gasteiger partial charge >= 0.3 is 0 Å². The van der Waals surface area contributed by atoms with Crippen molar-refractivity contribution in [3.8, 4) is 5.88 Å². The third kappa shape index (κ3) is 3.66. The molecule has 1 fully saturated rings. The molecule has 1 aromatic carbocycles. The van der Waals surface area contributed by atoms with Crippen molar-refractivity contribution in [3.05, 3.63) is 48.2 Å². The van der Waals surface area contributed by atoms with Crippen LogP contribution in [0.4, 0.5) is 0 Å². The lowest BCUT2D eigenvalue weighted by Gasteiger charge is -2.14. The summed E-state index contributed by atoms with van der Waals surface area (Å²) in [6.45, 7) is 1.30. The first-order chi connectivity index (χ1) is 10.3. The zero-order valence-corrected chi connectivity index (χ0v) is 12.2. The fraction of sp³-hybridized carbons (Fsp3) is 0.267. The lowest BCUT2D eigenvalue weighted by molar-refractivity contribution is -0.125. The topological polar surface area (TPSA) is 55.3 Å². The minimum absolute atomic E-state index is 0.00275. The van der Waals surface area contributed by atoms with Gasteiger partial charge in [0.05, 0.1) is 18.3 Å². The SMILES string of the molecule is O=C(C=Cc1ccccc1)N1CCC(Oc2cnsn2)C1. The zero-order chi connectivity index (χ0) is 14.5. The number of amides is 1. The first-order valence-electron chi connectivity index (χ1n) is 6.77. The van der Waals surface area contributed by atoms with Crippen LogP contribution >= 0.6 is 11.7 Å². The highest BCUT2D eigenvalue weighted by Crippen LogP contribution is 2.17. The molecular formula is C15H15N3O2S. The highest BCUT2D eigenvalue weighted by molar-refractivity contribution is 6.99. The molecule has 5 nitrogen and oxygen atoms in total. The molecule has 0 aliphatic carbocycles. The van der Waals surface area contributed by atoms with E-state index in [9.17, 15) is 4.79 Å². The normalized spacial score (nSPS) is 18.3. The van der Waals surface area contributed by atoms with Crippen LogP contribution < -0.4 is 4.74 Å². The molecule has 0 spiro atoms. The molecule has 1 aromatic heterocycles. The molecule has 21 heavy (non-hydrogen) atoms. The van der Waals surface area contributed by atoms with Gasteiger partial charge in [-0.2, -0.15) is 4.37 Å². The Morgan fingerprint density at radius 1 is 1.38 bits per heavy atom. The first kappa shape index (κ1) is 13.8. The second-order valence-electron chi connectivity index (χ2n) is 4.80. The van der Waals surface area contributed by atoms with E-state index in [1.165, 1.54) is 0 Å². The Balaban J connectivity index is 1.53. The van der Waals surface area contributed by atoms with Crippen molar-refractivity contribution in [2.24, 2.45) is 0 Å². The lowest BCUT2D eigenvalue weighted by Crippen LogP contribution is -2.29. The van der Waals surface area contributed by atoms with E-state index in [4.69, 9.17) is 4.74 Å². The average Bonchev–Trinajstić information content (AvgIpc) is 3.18. The van der Waals surface area contributed by atoms with Gasteiger partial charge in [-0.05, 0) is 11.6 Å². The Hall–Kier alpha value is -2.21. The number of carbonyl (C=O) groups excluding carboxylic acids is 1.